The first-order valence-electron chi connectivity index (χ1n) is 7.96. The molecule has 0 aromatic heterocycles. The van der Waals surface area contributed by atoms with Crippen molar-refractivity contribution in [2.45, 2.75) is 52.7 Å². The third-order valence-electron chi connectivity index (χ3n) is 4.76. The SMILES string of the molecule is COc1ccc(C(C)N2CC(C(C)(C)C)NCC2C)cc1. The average molecular weight is 290 g/mol. The Morgan fingerprint density at radius 2 is 1.86 bits per heavy atom. The molecule has 0 aliphatic carbocycles. The molecule has 3 heteroatoms. The smallest absolute Gasteiger partial charge is 0.118 e. The molecule has 0 bridgehead atoms. The molecule has 1 aliphatic heterocycles. The van der Waals surface area contributed by atoms with E-state index in [2.05, 4.69) is 69.1 Å². The summed E-state index contributed by atoms with van der Waals surface area (Å²) in [5.74, 6) is 0.923. The lowest BCUT2D eigenvalue weighted by atomic mass is 9.84. The maximum atomic E-state index is 5.25. The van der Waals surface area contributed by atoms with Crippen molar-refractivity contribution < 1.29 is 4.74 Å². The second kappa shape index (κ2) is 6.37. The highest BCUT2D eigenvalue weighted by Crippen LogP contribution is 2.30. The molecule has 1 aromatic rings. The van der Waals surface area contributed by atoms with Crippen LogP contribution in [0.4, 0.5) is 0 Å². The summed E-state index contributed by atoms with van der Waals surface area (Å²) in [7, 11) is 1.71. The van der Waals surface area contributed by atoms with Crippen molar-refractivity contribution in [2.75, 3.05) is 20.2 Å². The van der Waals surface area contributed by atoms with Crippen molar-refractivity contribution in [1.82, 2.24) is 10.2 Å². The fourth-order valence-corrected chi connectivity index (χ4v) is 3.08. The van der Waals surface area contributed by atoms with Gasteiger partial charge in [0, 0.05) is 31.2 Å². The quantitative estimate of drug-likeness (QED) is 0.922. The van der Waals surface area contributed by atoms with Crippen molar-refractivity contribution in [2.24, 2.45) is 5.41 Å². The minimum atomic E-state index is 0.290. The maximum Gasteiger partial charge on any atom is 0.118 e. The summed E-state index contributed by atoms with van der Waals surface area (Å²) in [5.41, 5.74) is 1.65. The van der Waals surface area contributed by atoms with E-state index in [1.807, 2.05) is 0 Å². The highest BCUT2D eigenvalue weighted by Gasteiger charge is 2.34. The van der Waals surface area contributed by atoms with Crippen LogP contribution in [0.5, 0.6) is 5.75 Å². The predicted octanol–water partition coefficient (Wildman–Crippen LogP) is 3.46. The summed E-state index contributed by atoms with van der Waals surface area (Å²) in [4.78, 5) is 2.62. The number of nitrogens with zero attached hydrogens (tertiary/aromatic N) is 1. The van der Waals surface area contributed by atoms with E-state index in [0.717, 1.165) is 18.8 Å². The normalized spacial score (nSPS) is 25.6. The topological polar surface area (TPSA) is 24.5 Å². The number of hydrogen-bond donors (Lipinski definition) is 1. The molecular weight excluding hydrogens is 260 g/mol. The Morgan fingerprint density at radius 3 is 2.38 bits per heavy atom. The maximum absolute atomic E-state index is 5.25. The second-order valence-corrected chi connectivity index (χ2v) is 7.32. The Labute approximate surface area is 129 Å². The van der Waals surface area contributed by atoms with Gasteiger partial charge in [0.05, 0.1) is 7.11 Å². The van der Waals surface area contributed by atoms with Crippen molar-refractivity contribution in [3.8, 4) is 5.75 Å². The summed E-state index contributed by atoms with van der Waals surface area (Å²) < 4.78 is 5.25. The second-order valence-electron chi connectivity index (χ2n) is 7.32. The van der Waals surface area contributed by atoms with Crippen LogP contribution in [-0.2, 0) is 0 Å². The molecule has 1 aromatic carbocycles. The van der Waals surface area contributed by atoms with E-state index in [0.29, 0.717) is 18.1 Å². The molecule has 1 aliphatic rings. The van der Waals surface area contributed by atoms with E-state index in [-0.39, 0.29) is 5.41 Å². The Hall–Kier alpha value is -1.06. The number of benzene rings is 1. The van der Waals surface area contributed by atoms with Gasteiger partial charge in [-0.2, -0.15) is 0 Å². The largest absolute Gasteiger partial charge is 0.497 e. The Balaban J connectivity index is 2.13. The number of nitrogens with one attached hydrogen (secondary N) is 1. The summed E-state index contributed by atoms with van der Waals surface area (Å²) >= 11 is 0. The molecule has 3 atom stereocenters. The van der Waals surface area contributed by atoms with Crippen LogP contribution < -0.4 is 10.1 Å². The first kappa shape index (κ1) is 16.3. The van der Waals surface area contributed by atoms with Crippen LogP contribution in [0.1, 0.15) is 46.2 Å². The van der Waals surface area contributed by atoms with Gasteiger partial charge in [-0.1, -0.05) is 32.9 Å². The van der Waals surface area contributed by atoms with Gasteiger partial charge in [-0.25, -0.2) is 0 Å². The number of piperazine rings is 1. The minimum absolute atomic E-state index is 0.290. The lowest BCUT2D eigenvalue weighted by Gasteiger charge is -2.46. The van der Waals surface area contributed by atoms with E-state index in [1.54, 1.807) is 7.11 Å². The molecule has 1 saturated heterocycles. The first-order chi connectivity index (χ1) is 9.82. The molecule has 0 spiro atoms. The highest BCUT2D eigenvalue weighted by molar-refractivity contribution is 5.29. The Kier molecular flexibility index (Phi) is 4.95. The van der Waals surface area contributed by atoms with Gasteiger partial charge in [-0.15, -0.1) is 0 Å². The zero-order valence-corrected chi connectivity index (χ0v) is 14.3. The van der Waals surface area contributed by atoms with Gasteiger partial charge in [-0.05, 0) is 37.0 Å². The lowest BCUT2D eigenvalue weighted by molar-refractivity contribution is 0.0628. The fourth-order valence-electron chi connectivity index (χ4n) is 3.08. The van der Waals surface area contributed by atoms with Crippen LogP contribution in [0.3, 0.4) is 0 Å². The lowest BCUT2D eigenvalue weighted by Crippen LogP contribution is -2.59. The molecule has 2 rings (SSSR count). The van der Waals surface area contributed by atoms with Crippen molar-refractivity contribution in [3.05, 3.63) is 29.8 Å². The van der Waals surface area contributed by atoms with Gasteiger partial charge >= 0.3 is 0 Å². The molecule has 1 fully saturated rings. The molecule has 1 heterocycles. The monoisotopic (exact) mass is 290 g/mol. The summed E-state index contributed by atoms with van der Waals surface area (Å²) in [6.45, 7) is 13.7. The van der Waals surface area contributed by atoms with E-state index in [4.69, 9.17) is 4.74 Å². The molecule has 118 valence electrons. The molecule has 1 N–H and O–H groups in total. The van der Waals surface area contributed by atoms with Crippen LogP contribution >= 0.6 is 0 Å². The standard InChI is InChI=1S/C18H30N2O/c1-13-11-19-17(18(3,4)5)12-20(13)14(2)15-7-9-16(21-6)10-8-15/h7-10,13-14,17,19H,11-12H2,1-6H3. The van der Waals surface area contributed by atoms with Gasteiger partial charge in [0.15, 0.2) is 0 Å². The third-order valence-corrected chi connectivity index (χ3v) is 4.76. The molecular formula is C18H30N2O. The first-order valence-corrected chi connectivity index (χ1v) is 7.96. The predicted molar refractivity (Wildman–Crippen MR) is 88.8 cm³/mol. The van der Waals surface area contributed by atoms with Gasteiger partial charge in [-0.3, -0.25) is 4.90 Å². The molecule has 3 nitrogen and oxygen atoms in total. The number of ether oxygens (including phenoxy) is 1. The third kappa shape index (κ3) is 3.78. The van der Waals surface area contributed by atoms with Gasteiger partial charge in [0.2, 0.25) is 0 Å². The Morgan fingerprint density at radius 1 is 1.24 bits per heavy atom. The number of hydrogen-bond acceptors (Lipinski definition) is 3. The van der Waals surface area contributed by atoms with Crippen LogP contribution in [-0.4, -0.2) is 37.2 Å². The minimum Gasteiger partial charge on any atom is -0.497 e. The zero-order valence-electron chi connectivity index (χ0n) is 14.3. The van der Waals surface area contributed by atoms with E-state index >= 15 is 0 Å². The molecule has 0 amide bonds. The fraction of sp³-hybridized carbons (Fsp3) is 0.667. The van der Waals surface area contributed by atoms with Crippen LogP contribution in [0, 0.1) is 5.41 Å². The average Bonchev–Trinajstić information content (AvgIpc) is 2.46. The van der Waals surface area contributed by atoms with Gasteiger partial charge in [0.1, 0.15) is 5.75 Å². The zero-order chi connectivity index (χ0) is 15.6. The molecule has 0 saturated carbocycles. The summed E-state index contributed by atoms with van der Waals surface area (Å²) in [6.07, 6.45) is 0. The molecule has 21 heavy (non-hydrogen) atoms. The van der Waals surface area contributed by atoms with E-state index in [1.165, 1.54) is 5.56 Å². The van der Waals surface area contributed by atoms with E-state index < -0.39 is 0 Å². The van der Waals surface area contributed by atoms with Crippen molar-refractivity contribution in [3.63, 3.8) is 0 Å². The molecule has 0 radical (unpaired) electrons. The van der Waals surface area contributed by atoms with E-state index in [9.17, 15) is 0 Å². The van der Waals surface area contributed by atoms with Crippen molar-refractivity contribution in [1.29, 1.82) is 0 Å². The highest BCUT2D eigenvalue weighted by atomic mass is 16.5. The Bertz CT molecular complexity index is 449. The van der Waals surface area contributed by atoms with Crippen molar-refractivity contribution >= 4 is 0 Å². The van der Waals surface area contributed by atoms with Crippen LogP contribution in [0.2, 0.25) is 0 Å². The molecule has 3 unspecified atom stereocenters. The van der Waals surface area contributed by atoms with Gasteiger partial charge in [0.25, 0.3) is 0 Å². The summed E-state index contributed by atoms with van der Waals surface area (Å²) in [5, 5.41) is 3.70. The van der Waals surface area contributed by atoms with Crippen LogP contribution in [0.15, 0.2) is 24.3 Å². The van der Waals surface area contributed by atoms with Gasteiger partial charge < -0.3 is 10.1 Å². The number of rotatable bonds is 3. The number of methoxy groups -OCH3 is 1. The summed E-state index contributed by atoms with van der Waals surface area (Å²) in [6, 6.07) is 10.0. The van der Waals surface area contributed by atoms with Crippen LogP contribution in [0.25, 0.3) is 0 Å².